The van der Waals surface area contributed by atoms with Crippen molar-refractivity contribution in [1.82, 2.24) is 4.90 Å². The van der Waals surface area contributed by atoms with Crippen LogP contribution in [-0.4, -0.2) is 25.0 Å². The number of nitrogens with zero attached hydrogens (tertiary/aromatic N) is 1. The van der Waals surface area contributed by atoms with Gasteiger partial charge in [0.15, 0.2) is 0 Å². The van der Waals surface area contributed by atoms with Crippen molar-refractivity contribution >= 4 is 5.69 Å². The molecule has 0 amide bonds. The first-order chi connectivity index (χ1) is 9.08. The molecule has 0 bridgehead atoms. The highest BCUT2D eigenvalue weighted by atomic mass is 15.1. The van der Waals surface area contributed by atoms with E-state index in [-0.39, 0.29) is 0 Å². The average molecular weight is 260 g/mol. The SMILES string of the molecule is CC1CCCC(C)C1Nc1ccccc1CN(C)C. The van der Waals surface area contributed by atoms with Crippen molar-refractivity contribution in [3.8, 4) is 0 Å². The Kier molecular flexibility index (Phi) is 4.87. The molecule has 2 unspecified atom stereocenters. The van der Waals surface area contributed by atoms with Crippen molar-refractivity contribution in [3.63, 3.8) is 0 Å². The van der Waals surface area contributed by atoms with E-state index >= 15 is 0 Å². The van der Waals surface area contributed by atoms with E-state index in [1.54, 1.807) is 0 Å². The zero-order valence-electron chi connectivity index (χ0n) is 12.8. The van der Waals surface area contributed by atoms with Gasteiger partial charge in [-0.05, 0) is 50.4 Å². The maximum absolute atomic E-state index is 3.83. The van der Waals surface area contributed by atoms with Gasteiger partial charge >= 0.3 is 0 Å². The monoisotopic (exact) mass is 260 g/mol. The number of rotatable bonds is 4. The number of hydrogen-bond acceptors (Lipinski definition) is 2. The summed E-state index contributed by atoms with van der Waals surface area (Å²) in [7, 11) is 4.26. The third kappa shape index (κ3) is 3.73. The molecule has 106 valence electrons. The van der Waals surface area contributed by atoms with Crippen molar-refractivity contribution in [2.45, 2.75) is 45.7 Å². The van der Waals surface area contributed by atoms with Crippen LogP contribution in [0.15, 0.2) is 24.3 Å². The topological polar surface area (TPSA) is 15.3 Å². The summed E-state index contributed by atoms with van der Waals surface area (Å²) in [4.78, 5) is 2.23. The highest BCUT2D eigenvalue weighted by molar-refractivity contribution is 5.52. The zero-order valence-corrected chi connectivity index (χ0v) is 12.8. The highest BCUT2D eigenvalue weighted by Crippen LogP contribution is 2.32. The van der Waals surface area contributed by atoms with Crippen LogP contribution < -0.4 is 5.32 Å². The molecule has 1 saturated carbocycles. The van der Waals surface area contributed by atoms with E-state index in [2.05, 4.69) is 62.4 Å². The van der Waals surface area contributed by atoms with E-state index in [9.17, 15) is 0 Å². The van der Waals surface area contributed by atoms with Gasteiger partial charge < -0.3 is 10.2 Å². The Morgan fingerprint density at radius 3 is 2.37 bits per heavy atom. The fourth-order valence-corrected chi connectivity index (χ4v) is 3.29. The van der Waals surface area contributed by atoms with Crippen LogP contribution >= 0.6 is 0 Å². The Labute approximate surface area is 118 Å². The van der Waals surface area contributed by atoms with Gasteiger partial charge in [0.05, 0.1) is 0 Å². The second-order valence-electron chi connectivity index (χ2n) is 6.45. The first-order valence-corrected chi connectivity index (χ1v) is 7.57. The quantitative estimate of drug-likeness (QED) is 0.880. The summed E-state index contributed by atoms with van der Waals surface area (Å²) in [6.45, 7) is 5.78. The van der Waals surface area contributed by atoms with Crippen LogP contribution in [0.25, 0.3) is 0 Å². The normalized spacial score (nSPS) is 27.5. The molecule has 2 nitrogen and oxygen atoms in total. The number of benzene rings is 1. The van der Waals surface area contributed by atoms with E-state index in [4.69, 9.17) is 0 Å². The van der Waals surface area contributed by atoms with Crippen LogP contribution in [0.2, 0.25) is 0 Å². The molecule has 2 rings (SSSR count). The molecule has 1 aromatic rings. The van der Waals surface area contributed by atoms with Crippen LogP contribution in [0.3, 0.4) is 0 Å². The predicted molar refractivity (Wildman–Crippen MR) is 83.4 cm³/mol. The summed E-state index contributed by atoms with van der Waals surface area (Å²) in [6, 6.07) is 9.36. The summed E-state index contributed by atoms with van der Waals surface area (Å²) in [5, 5.41) is 3.83. The van der Waals surface area contributed by atoms with Gasteiger partial charge in [-0.1, -0.05) is 38.5 Å². The lowest BCUT2D eigenvalue weighted by Crippen LogP contribution is -2.37. The Morgan fingerprint density at radius 2 is 1.74 bits per heavy atom. The van der Waals surface area contributed by atoms with Gasteiger partial charge in [-0.15, -0.1) is 0 Å². The maximum atomic E-state index is 3.83. The van der Waals surface area contributed by atoms with Crippen molar-refractivity contribution in [1.29, 1.82) is 0 Å². The first-order valence-electron chi connectivity index (χ1n) is 7.57. The molecule has 0 heterocycles. The molecule has 0 radical (unpaired) electrons. The molecule has 2 atom stereocenters. The summed E-state index contributed by atoms with van der Waals surface area (Å²) < 4.78 is 0. The van der Waals surface area contributed by atoms with Gasteiger partial charge in [-0.3, -0.25) is 0 Å². The second-order valence-corrected chi connectivity index (χ2v) is 6.45. The minimum Gasteiger partial charge on any atom is -0.382 e. The molecule has 1 fully saturated rings. The molecule has 0 spiro atoms. The first kappa shape index (κ1) is 14.4. The van der Waals surface area contributed by atoms with E-state index in [1.807, 2.05) is 0 Å². The summed E-state index contributed by atoms with van der Waals surface area (Å²) >= 11 is 0. The minimum atomic E-state index is 0.622. The fourth-order valence-electron chi connectivity index (χ4n) is 3.29. The predicted octanol–water partition coefficient (Wildman–Crippen LogP) is 3.98. The average Bonchev–Trinajstić information content (AvgIpc) is 2.35. The summed E-state index contributed by atoms with van der Waals surface area (Å²) in [5.41, 5.74) is 2.72. The Hall–Kier alpha value is -1.02. The van der Waals surface area contributed by atoms with E-state index in [1.165, 1.54) is 30.5 Å². The lowest BCUT2D eigenvalue weighted by atomic mass is 9.78. The molecule has 1 aliphatic rings. The van der Waals surface area contributed by atoms with Crippen LogP contribution in [0.1, 0.15) is 38.7 Å². The highest BCUT2D eigenvalue weighted by Gasteiger charge is 2.27. The van der Waals surface area contributed by atoms with Gasteiger partial charge in [0.1, 0.15) is 0 Å². The van der Waals surface area contributed by atoms with Gasteiger partial charge in [-0.2, -0.15) is 0 Å². The lowest BCUT2D eigenvalue weighted by Gasteiger charge is -2.36. The van der Waals surface area contributed by atoms with Crippen molar-refractivity contribution in [2.24, 2.45) is 11.8 Å². The lowest BCUT2D eigenvalue weighted by molar-refractivity contribution is 0.268. The third-order valence-electron chi connectivity index (χ3n) is 4.37. The smallest absolute Gasteiger partial charge is 0.0388 e. The van der Waals surface area contributed by atoms with Gasteiger partial charge in [0.2, 0.25) is 0 Å². The Bertz CT molecular complexity index is 390. The van der Waals surface area contributed by atoms with Crippen molar-refractivity contribution in [3.05, 3.63) is 29.8 Å². The van der Waals surface area contributed by atoms with Crippen LogP contribution in [0.5, 0.6) is 0 Å². The molecule has 0 aliphatic heterocycles. The molecule has 1 N–H and O–H groups in total. The van der Waals surface area contributed by atoms with Crippen molar-refractivity contribution < 1.29 is 0 Å². The van der Waals surface area contributed by atoms with Crippen LogP contribution in [0, 0.1) is 11.8 Å². The molecule has 2 heteroatoms. The summed E-state index contributed by atoms with van der Waals surface area (Å²) in [6.07, 6.45) is 4.11. The van der Waals surface area contributed by atoms with E-state index in [0.29, 0.717) is 6.04 Å². The van der Waals surface area contributed by atoms with Gasteiger partial charge in [0.25, 0.3) is 0 Å². The molecular formula is C17H28N2. The number of hydrogen-bond donors (Lipinski definition) is 1. The minimum absolute atomic E-state index is 0.622. The Balaban J connectivity index is 2.13. The molecular weight excluding hydrogens is 232 g/mol. The standard InChI is InChI=1S/C17H28N2/c1-13-8-7-9-14(2)17(13)18-16-11-6-5-10-15(16)12-19(3)4/h5-6,10-11,13-14,17-18H,7-9,12H2,1-4H3. The number of anilines is 1. The molecule has 19 heavy (non-hydrogen) atoms. The summed E-state index contributed by atoms with van der Waals surface area (Å²) in [5.74, 6) is 1.55. The van der Waals surface area contributed by atoms with Crippen LogP contribution in [0.4, 0.5) is 5.69 Å². The zero-order chi connectivity index (χ0) is 13.8. The van der Waals surface area contributed by atoms with Crippen molar-refractivity contribution in [2.75, 3.05) is 19.4 Å². The number of para-hydroxylation sites is 1. The van der Waals surface area contributed by atoms with E-state index < -0.39 is 0 Å². The fraction of sp³-hybridized carbons (Fsp3) is 0.647. The molecule has 0 saturated heterocycles. The van der Waals surface area contributed by atoms with Gasteiger partial charge in [0, 0.05) is 18.3 Å². The molecule has 1 aliphatic carbocycles. The molecule has 1 aromatic carbocycles. The van der Waals surface area contributed by atoms with Crippen LogP contribution in [-0.2, 0) is 6.54 Å². The van der Waals surface area contributed by atoms with E-state index in [0.717, 1.165) is 18.4 Å². The number of nitrogens with one attached hydrogen (secondary N) is 1. The second kappa shape index (κ2) is 6.42. The van der Waals surface area contributed by atoms with Gasteiger partial charge in [-0.25, -0.2) is 0 Å². The third-order valence-corrected chi connectivity index (χ3v) is 4.37. The molecule has 0 aromatic heterocycles. The maximum Gasteiger partial charge on any atom is 0.0388 e. The Morgan fingerprint density at radius 1 is 1.11 bits per heavy atom. The largest absolute Gasteiger partial charge is 0.382 e.